The van der Waals surface area contributed by atoms with Crippen LogP contribution in [-0.2, 0) is 15.1 Å². The van der Waals surface area contributed by atoms with Crippen molar-refractivity contribution in [3.05, 3.63) is 0 Å². The maximum Gasteiger partial charge on any atom is -1.00 e. The fourth-order valence-corrected chi connectivity index (χ4v) is 0. The van der Waals surface area contributed by atoms with E-state index in [0.29, 0.717) is 0 Å². The third-order valence-electron chi connectivity index (χ3n) is 0. The van der Waals surface area contributed by atoms with Gasteiger partial charge in [-0.2, -0.15) is 0 Å². The van der Waals surface area contributed by atoms with Gasteiger partial charge in [-0.15, -0.1) is 17.0 Å². The molecule has 0 atom stereocenters. The summed E-state index contributed by atoms with van der Waals surface area (Å²) in [5, 5.41) is 0. The van der Waals surface area contributed by atoms with E-state index in [1.807, 2.05) is 0 Å². The Balaban J connectivity index is -0.00000000333. The van der Waals surface area contributed by atoms with Crippen molar-refractivity contribution < 1.29 is 18.0 Å². The third-order valence-corrected chi connectivity index (χ3v) is 0. The molecule has 0 heterocycles. The van der Waals surface area contributed by atoms with Crippen molar-refractivity contribution in [2.75, 3.05) is 0 Å². The molecule has 28 valence electrons. The van der Waals surface area contributed by atoms with Crippen molar-refractivity contribution >= 4 is 74.1 Å². The van der Waals surface area contributed by atoms with Crippen LogP contribution < -0.4 is 0 Å². The van der Waals surface area contributed by atoms with Gasteiger partial charge in [0, 0.05) is 0 Å². The summed E-state index contributed by atoms with van der Waals surface area (Å²) in [4.78, 5) is 0. The van der Waals surface area contributed by atoms with Gasteiger partial charge in [0.05, 0.1) is 0 Å². The Morgan fingerprint density at radius 2 is 1.40 bits per heavy atom. The Morgan fingerprint density at radius 3 is 1.40 bits per heavy atom. The number of hydrogen-bond acceptors (Lipinski definition) is 0. The van der Waals surface area contributed by atoms with Crippen molar-refractivity contribution in [2.24, 2.45) is 0 Å². The molecule has 0 aliphatic heterocycles. The predicted molar refractivity (Wildman–Crippen MR) is 30.0 cm³/mol. The van der Waals surface area contributed by atoms with Crippen LogP contribution >= 0.6 is 36.4 Å². The second kappa shape index (κ2) is 15.8. The van der Waals surface area contributed by atoms with Gasteiger partial charge in [0.2, 0.25) is 0 Å². The van der Waals surface area contributed by atoms with Gasteiger partial charge in [0.25, 0.3) is 0 Å². The Labute approximate surface area is 90.4 Å². The first-order valence-electron chi connectivity index (χ1n) is 0.535. The van der Waals surface area contributed by atoms with Crippen LogP contribution in [0.5, 0.6) is 0 Å². The first-order valence-corrected chi connectivity index (χ1v) is 8.33. The van der Waals surface area contributed by atoms with E-state index in [1.165, 1.54) is 0 Å². The zero-order valence-corrected chi connectivity index (χ0v) is 11.0. The van der Waals surface area contributed by atoms with Gasteiger partial charge in [0.15, 0.2) is 0 Å². The van der Waals surface area contributed by atoms with E-state index in [-0.39, 0.29) is 57.6 Å². The van der Waals surface area contributed by atoms with Gasteiger partial charge in [-0.05, 0) is 0 Å². The maximum absolute atomic E-state index is 4.95. The summed E-state index contributed by atoms with van der Waals surface area (Å²) in [5.41, 5.74) is 0. The summed E-state index contributed by atoms with van der Waals surface area (Å²) in [6.45, 7) is 0. The SMILES string of the molecule is Br.[Ca+2].[Cl][Zn][Cl].[H-].[H-]. The van der Waals surface area contributed by atoms with Crippen LogP contribution in [0.3, 0.4) is 0 Å². The van der Waals surface area contributed by atoms with E-state index in [1.54, 1.807) is 0 Å². The van der Waals surface area contributed by atoms with Crippen LogP contribution in [0.1, 0.15) is 2.85 Å². The number of hydrogen-bond donors (Lipinski definition) is 0. The van der Waals surface area contributed by atoms with Crippen molar-refractivity contribution in [2.45, 2.75) is 0 Å². The summed E-state index contributed by atoms with van der Waals surface area (Å²) >= 11 is -0.931. The third kappa shape index (κ3) is 19.6. The Kier molecular flexibility index (Phi) is 49.4. The van der Waals surface area contributed by atoms with E-state index in [4.69, 9.17) is 19.4 Å². The monoisotopic (exact) mass is 256 g/mol. The average Bonchev–Trinajstić information content (AvgIpc) is 0.918. The first-order chi connectivity index (χ1) is 1.41. The smallest absolute Gasteiger partial charge is 1.00 e. The zero-order chi connectivity index (χ0) is 2.71. The van der Waals surface area contributed by atoms with E-state index < -0.39 is 15.1 Å². The zero-order valence-electron chi connectivity index (χ0n) is 4.58. The van der Waals surface area contributed by atoms with Crippen molar-refractivity contribution in [3.63, 3.8) is 0 Å². The molecule has 0 bridgehead atoms. The largest absolute Gasteiger partial charge is 1.00 e. The quantitative estimate of drug-likeness (QED) is 0.582. The fraction of sp³-hybridized carbons (Fsp3) is 0. The molecule has 0 saturated heterocycles. The molecular weight excluding hydrogens is 256 g/mol. The van der Waals surface area contributed by atoms with Crippen LogP contribution in [0.25, 0.3) is 0 Å². The Bertz CT molecular complexity index is 15.7. The molecule has 0 aliphatic rings. The molecular formula is H3BrCaCl2Zn. The molecule has 0 aromatic rings. The standard InChI is InChI=1S/BrH.Ca.2ClH.Zn.2H/h1H;;2*1H;;;/q;+2;;;+2;2*-1/p-2. The molecule has 0 aromatic heterocycles. The van der Waals surface area contributed by atoms with Gasteiger partial charge in [-0.1, -0.05) is 0 Å². The van der Waals surface area contributed by atoms with Crippen LogP contribution in [0.15, 0.2) is 0 Å². The Hall–Kier alpha value is 2.94. The maximum atomic E-state index is 4.95. The van der Waals surface area contributed by atoms with Crippen molar-refractivity contribution in [1.82, 2.24) is 0 Å². The molecule has 0 rings (SSSR count). The van der Waals surface area contributed by atoms with Crippen LogP contribution in [-0.4, -0.2) is 37.7 Å². The second-order valence-corrected chi connectivity index (χ2v) is 4.72. The van der Waals surface area contributed by atoms with E-state index in [0.717, 1.165) is 0 Å². The average molecular weight is 259 g/mol. The minimum absolute atomic E-state index is 0. The van der Waals surface area contributed by atoms with Crippen molar-refractivity contribution in [1.29, 1.82) is 0 Å². The van der Waals surface area contributed by atoms with Gasteiger partial charge in [0.1, 0.15) is 0 Å². The summed E-state index contributed by atoms with van der Waals surface area (Å²) in [5.74, 6) is 0. The van der Waals surface area contributed by atoms with E-state index in [2.05, 4.69) is 0 Å². The van der Waals surface area contributed by atoms with Crippen LogP contribution in [0, 0.1) is 0 Å². The molecule has 0 aromatic carbocycles. The summed E-state index contributed by atoms with van der Waals surface area (Å²) in [6, 6.07) is 0. The van der Waals surface area contributed by atoms with Gasteiger partial charge < -0.3 is 2.85 Å². The molecule has 0 unspecified atom stereocenters. The molecule has 0 nitrogen and oxygen atoms in total. The minimum atomic E-state index is -0.931. The molecule has 5 heavy (non-hydrogen) atoms. The van der Waals surface area contributed by atoms with E-state index >= 15 is 0 Å². The van der Waals surface area contributed by atoms with Gasteiger partial charge in [-0.25, -0.2) is 0 Å². The number of halogens is 3. The second-order valence-electron chi connectivity index (χ2n) is 0.101. The molecule has 0 fully saturated rings. The molecule has 0 N–H and O–H groups in total. The molecule has 5 heteroatoms. The Morgan fingerprint density at radius 1 is 1.40 bits per heavy atom. The predicted octanol–water partition coefficient (Wildman–Crippen LogP) is 1.80. The van der Waals surface area contributed by atoms with Crippen LogP contribution in [0.4, 0.5) is 0 Å². The normalized spacial score (nSPS) is 2.00. The molecule has 0 saturated carbocycles. The number of rotatable bonds is 0. The molecule has 0 radical (unpaired) electrons. The topological polar surface area (TPSA) is 0 Å². The summed E-state index contributed by atoms with van der Waals surface area (Å²) in [6.07, 6.45) is 0. The van der Waals surface area contributed by atoms with Gasteiger partial charge in [-0.3, -0.25) is 0 Å². The molecule has 0 spiro atoms. The molecule has 0 aliphatic carbocycles. The van der Waals surface area contributed by atoms with Gasteiger partial charge >= 0.3 is 72.3 Å². The first kappa shape index (κ1) is 15.7. The summed E-state index contributed by atoms with van der Waals surface area (Å²) < 4.78 is 0. The van der Waals surface area contributed by atoms with Crippen molar-refractivity contribution in [3.8, 4) is 0 Å². The minimum Gasteiger partial charge on any atom is -1.00 e. The van der Waals surface area contributed by atoms with E-state index in [9.17, 15) is 0 Å². The fourth-order valence-electron chi connectivity index (χ4n) is 0. The van der Waals surface area contributed by atoms with Crippen LogP contribution in [0.2, 0.25) is 0 Å². The summed E-state index contributed by atoms with van der Waals surface area (Å²) in [7, 11) is 9.90. The molecule has 0 amide bonds.